The van der Waals surface area contributed by atoms with Crippen LogP contribution in [0.5, 0.6) is 11.5 Å². The van der Waals surface area contributed by atoms with Crippen LogP contribution in [0.25, 0.3) is 11.4 Å². The van der Waals surface area contributed by atoms with Crippen LogP contribution in [0.15, 0.2) is 48.8 Å². The molecule has 2 aromatic rings. The minimum atomic E-state index is 0.600. The molecule has 5 heteroatoms. The van der Waals surface area contributed by atoms with E-state index in [4.69, 9.17) is 14.2 Å². The van der Waals surface area contributed by atoms with Crippen LogP contribution in [-0.2, 0) is 4.74 Å². The third-order valence-corrected chi connectivity index (χ3v) is 5.28. The second-order valence-corrected chi connectivity index (χ2v) is 8.27. The Kier molecular flexibility index (Phi) is 14.7. The first-order valence-electron chi connectivity index (χ1n) is 12.7. The summed E-state index contributed by atoms with van der Waals surface area (Å²) in [5.74, 6) is 2.23. The van der Waals surface area contributed by atoms with Gasteiger partial charge in [-0.1, -0.05) is 58.1 Å². The number of nitrogens with zero attached hydrogens (tertiary/aromatic N) is 2. The van der Waals surface area contributed by atoms with Crippen LogP contribution in [0.3, 0.4) is 0 Å². The Labute approximate surface area is 200 Å². The van der Waals surface area contributed by atoms with Gasteiger partial charge in [0.25, 0.3) is 0 Å². The fraction of sp³-hybridized carbons (Fsp3) is 0.571. The molecule has 0 fully saturated rings. The monoisotopic (exact) mass is 454 g/mol. The van der Waals surface area contributed by atoms with E-state index in [1.807, 2.05) is 24.3 Å². The third-order valence-electron chi connectivity index (χ3n) is 5.28. The van der Waals surface area contributed by atoms with E-state index in [2.05, 4.69) is 36.0 Å². The zero-order valence-electron chi connectivity index (χ0n) is 20.6. The lowest BCUT2D eigenvalue weighted by Crippen LogP contribution is -2.02. The summed E-state index contributed by atoms with van der Waals surface area (Å²) < 4.78 is 17.0. The van der Waals surface area contributed by atoms with Gasteiger partial charge in [-0.2, -0.15) is 0 Å². The summed E-state index contributed by atoms with van der Waals surface area (Å²) >= 11 is 0. The SMILES string of the molecule is CCCCCCCCC=CCOc1ccc(-c2ncc(OCCCCOCCC)cn2)cc1. The largest absolute Gasteiger partial charge is 0.490 e. The molecule has 0 amide bonds. The first kappa shape index (κ1) is 26.8. The van der Waals surface area contributed by atoms with E-state index in [0.717, 1.165) is 50.2 Å². The highest BCUT2D eigenvalue weighted by Gasteiger charge is 2.03. The van der Waals surface area contributed by atoms with E-state index in [9.17, 15) is 0 Å². The number of rotatable bonds is 19. The number of hydrogen-bond acceptors (Lipinski definition) is 5. The average Bonchev–Trinajstić information content (AvgIpc) is 2.85. The molecule has 0 aliphatic carbocycles. The Morgan fingerprint density at radius 2 is 1.39 bits per heavy atom. The zero-order chi connectivity index (χ0) is 23.4. The van der Waals surface area contributed by atoms with E-state index in [1.165, 1.54) is 38.5 Å². The number of ether oxygens (including phenoxy) is 3. The van der Waals surface area contributed by atoms with E-state index in [0.29, 0.717) is 24.8 Å². The Morgan fingerprint density at radius 3 is 2.15 bits per heavy atom. The molecule has 1 aromatic heterocycles. The summed E-state index contributed by atoms with van der Waals surface area (Å²) in [7, 11) is 0. The van der Waals surface area contributed by atoms with Gasteiger partial charge in [-0.25, -0.2) is 9.97 Å². The smallest absolute Gasteiger partial charge is 0.159 e. The van der Waals surface area contributed by atoms with Crippen LogP contribution in [0.1, 0.15) is 78.1 Å². The second kappa shape index (κ2) is 18.1. The molecule has 5 nitrogen and oxygen atoms in total. The van der Waals surface area contributed by atoms with Crippen molar-refractivity contribution in [3.8, 4) is 22.9 Å². The maximum absolute atomic E-state index is 5.80. The Hall–Kier alpha value is -2.40. The molecule has 0 atom stereocenters. The average molecular weight is 455 g/mol. The lowest BCUT2D eigenvalue weighted by Gasteiger charge is -2.07. The molecule has 0 N–H and O–H groups in total. The van der Waals surface area contributed by atoms with Crippen molar-refractivity contribution in [3.05, 3.63) is 48.8 Å². The molecular formula is C28H42N2O3. The van der Waals surface area contributed by atoms with E-state index in [-0.39, 0.29) is 0 Å². The molecular weight excluding hydrogens is 412 g/mol. The van der Waals surface area contributed by atoms with Crippen molar-refractivity contribution in [2.24, 2.45) is 0 Å². The number of hydrogen-bond donors (Lipinski definition) is 0. The fourth-order valence-corrected chi connectivity index (χ4v) is 3.36. The molecule has 33 heavy (non-hydrogen) atoms. The van der Waals surface area contributed by atoms with Gasteiger partial charge >= 0.3 is 0 Å². The van der Waals surface area contributed by atoms with Crippen molar-refractivity contribution in [2.45, 2.75) is 78.1 Å². The highest BCUT2D eigenvalue weighted by molar-refractivity contribution is 5.56. The first-order chi connectivity index (χ1) is 16.3. The summed E-state index contributed by atoms with van der Waals surface area (Å²) in [5, 5.41) is 0. The summed E-state index contributed by atoms with van der Waals surface area (Å²) in [6, 6.07) is 7.90. The van der Waals surface area contributed by atoms with Crippen molar-refractivity contribution in [3.63, 3.8) is 0 Å². The molecule has 0 saturated carbocycles. The van der Waals surface area contributed by atoms with Crippen LogP contribution in [0.4, 0.5) is 0 Å². The summed E-state index contributed by atoms with van der Waals surface area (Å²) in [5.41, 5.74) is 0.959. The van der Waals surface area contributed by atoms with Gasteiger partial charge in [0.15, 0.2) is 11.6 Å². The van der Waals surface area contributed by atoms with Gasteiger partial charge < -0.3 is 14.2 Å². The molecule has 0 unspecified atom stereocenters. The van der Waals surface area contributed by atoms with Crippen LogP contribution in [0, 0.1) is 0 Å². The Bertz CT molecular complexity index is 745. The van der Waals surface area contributed by atoms with Crippen molar-refractivity contribution in [1.82, 2.24) is 9.97 Å². The number of benzene rings is 1. The Balaban J connectivity index is 1.62. The van der Waals surface area contributed by atoms with Crippen molar-refractivity contribution >= 4 is 0 Å². The molecule has 2 rings (SSSR count). The van der Waals surface area contributed by atoms with E-state index >= 15 is 0 Å². The van der Waals surface area contributed by atoms with Gasteiger partial charge in [0.1, 0.15) is 12.4 Å². The summed E-state index contributed by atoms with van der Waals surface area (Å²) in [4.78, 5) is 8.87. The van der Waals surface area contributed by atoms with Crippen LogP contribution in [-0.4, -0.2) is 36.4 Å². The summed E-state index contributed by atoms with van der Waals surface area (Å²) in [6.45, 7) is 7.25. The van der Waals surface area contributed by atoms with Crippen molar-refractivity contribution in [1.29, 1.82) is 0 Å². The molecule has 0 bridgehead atoms. The van der Waals surface area contributed by atoms with E-state index in [1.54, 1.807) is 12.4 Å². The highest BCUT2D eigenvalue weighted by Crippen LogP contribution is 2.20. The normalized spacial score (nSPS) is 11.2. The number of unbranched alkanes of at least 4 members (excludes halogenated alkanes) is 7. The van der Waals surface area contributed by atoms with Crippen LogP contribution < -0.4 is 9.47 Å². The molecule has 1 heterocycles. The lowest BCUT2D eigenvalue weighted by molar-refractivity contribution is 0.127. The highest BCUT2D eigenvalue weighted by atomic mass is 16.5. The topological polar surface area (TPSA) is 53.5 Å². The van der Waals surface area contributed by atoms with Crippen LogP contribution in [0.2, 0.25) is 0 Å². The van der Waals surface area contributed by atoms with Gasteiger partial charge in [-0.15, -0.1) is 0 Å². The predicted molar refractivity (Wildman–Crippen MR) is 136 cm³/mol. The van der Waals surface area contributed by atoms with Crippen molar-refractivity contribution < 1.29 is 14.2 Å². The second-order valence-electron chi connectivity index (χ2n) is 8.27. The lowest BCUT2D eigenvalue weighted by atomic mass is 10.1. The predicted octanol–water partition coefficient (Wildman–Crippen LogP) is 7.41. The standard InChI is InChI=1S/C28H42N2O3/c1-3-5-6-7-8-9-10-11-12-21-32-26-17-15-25(16-18-26)28-29-23-27(24-30-28)33-22-14-13-20-31-19-4-2/h11-12,15-18,23-24H,3-10,13-14,19-22H2,1-2H3. The number of aromatic nitrogens is 2. The molecule has 0 radical (unpaired) electrons. The summed E-state index contributed by atoms with van der Waals surface area (Å²) in [6.07, 6.45) is 20.0. The quantitative estimate of drug-likeness (QED) is 0.163. The van der Waals surface area contributed by atoms with E-state index < -0.39 is 0 Å². The van der Waals surface area contributed by atoms with Crippen molar-refractivity contribution in [2.75, 3.05) is 26.4 Å². The van der Waals surface area contributed by atoms with Gasteiger partial charge in [-0.05, 0) is 56.4 Å². The maximum atomic E-state index is 5.80. The molecule has 0 saturated heterocycles. The Morgan fingerprint density at radius 1 is 0.667 bits per heavy atom. The van der Waals surface area contributed by atoms with Gasteiger partial charge in [0.05, 0.1) is 19.0 Å². The van der Waals surface area contributed by atoms with Gasteiger partial charge in [-0.3, -0.25) is 0 Å². The maximum Gasteiger partial charge on any atom is 0.159 e. The molecule has 1 aromatic carbocycles. The third kappa shape index (κ3) is 12.4. The molecule has 0 spiro atoms. The minimum Gasteiger partial charge on any atom is -0.490 e. The zero-order valence-corrected chi connectivity index (χ0v) is 20.6. The first-order valence-corrected chi connectivity index (χ1v) is 12.7. The number of allylic oxidation sites excluding steroid dienone is 1. The fourth-order valence-electron chi connectivity index (χ4n) is 3.36. The van der Waals surface area contributed by atoms with Gasteiger partial charge in [0.2, 0.25) is 0 Å². The molecule has 182 valence electrons. The van der Waals surface area contributed by atoms with Crippen LogP contribution >= 0.6 is 0 Å². The minimum absolute atomic E-state index is 0.600. The van der Waals surface area contributed by atoms with Gasteiger partial charge in [0, 0.05) is 18.8 Å². The molecule has 0 aliphatic rings. The molecule has 0 aliphatic heterocycles.